The van der Waals surface area contributed by atoms with Crippen molar-refractivity contribution in [2.24, 2.45) is 16.7 Å². The average Bonchev–Trinajstić information content (AvgIpc) is 2.67. The van der Waals surface area contributed by atoms with E-state index in [4.69, 9.17) is 21.2 Å². The fourth-order valence-electron chi connectivity index (χ4n) is 2.12. The standard InChI is InChI=1S/C17H23N5OS.CH2O/c1-14-15(12-22(19)20-13-18)6-5-9-17(14)24-11-10-23-21-16-7-3-2-4-8-16;1-2/h2-9,13,21H,10-12,19H2,1H3,(H2,18,20);1H2. The molecule has 2 rings (SSSR count). The monoisotopic (exact) mass is 375 g/mol. The van der Waals surface area contributed by atoms with Gasteiger partial charge in [-0.25, -0.2) is 11.0 Å². The molecule has 0 saturated heterocycles. The lowest BCUT2D eigenvalue weighted by atomic mass is 10.1. The number of hydrazine groups is 1. The fourth-order valence-corrected chi connectivity index (χ4v) is 3.03. The van der Waals surface area contributed by atoms with E-state index in [9.17, 15) is 0 Å². The molecule has 0 atom stereocenters. The molecule has 0 aliphatic carbocycles. The van der Waals surface area contributed by atoms with Crippen LogP contribution in [0, 0.1) is 6.92 Å². The first-order valence-corrected chi connectivity index (χ1v) is 8.88. The molecular formula is C18H25N5O2S. The highest BCUT2D eigenvalue weighted by Gasteiger charge is 2.06. The van der Waals surface area contributed by atoms with Crippen LogP contribution in [-0.4, -0.2) is 30.6 Å². The maximum Gasteiger partial charge on any atom is 0.107 e. The molecule has 5 N–H and O–H groups in total. The smallest absolute Gasteiger partial charge is 0.107 e. The van der Waals surface area contributed by atoms with Crippen LogP contribution in [0.15, 0.2) is 58.5 Å². The topological polar surface area (TPSA) is 106 Å². The Morgan fingerprint density at radius 3 is 2.65 bits per heavy atom. The van der Waals surface area contributed by atoms with E-state index in [-0.39, 0.29) is 0 Å². The first-order chi connectivity index (χ1) is 12.7. The number of nitrogens with one attached hydrogen (secondary N) is 1. The molecule has 0 fully saturated rings. The predicted octanol–water partition coefficient (Wildman–Crippen LogP) is 2.52. The first-order valence-electron chi connectivity index (χ1n) is 7.90. The molecule has 0 aliphatic rings. The third-order valence-corrected chi connectivity index (χ3v) is 4.47. The summed E-state index contributed by atoms with van der Waals surface area (Å²) in [7, 11) is 0. The van der Waals surface area contributed by atoms with Crippen molar-refractivity contribution < 1.29 is 9.63 Å². The highest BCUT2D eigenvalue weighted by Crippen LogP contribution is 2.25. The van der Waals surface area contributed by atoms with Gasteiger partial charge in [0.15, 0.2) is 0 Å². The normalized spacial score (nSPS) is 10.2. The number of thioether (sulfide) groups is 1. The van der Waals surface area contributed by atoms with Crippen LogP contribution in [0.2, 0.25) is 0 Å². The lowest BCUT2D eigenvalue weighted by Crippen LogP contribution is -2.25. The fraction of sp³-hybridized carbons (Fsp3) is 0.222. The molecule has 0 heterocycles. The van der Waals surface area contributed by atoms with Crippen molar-refractivity contribution in [2.75, 3.05) is 17.8 Å². The van der Waals surface area contributed by atoms with Gasteiger partial charge in [-0.2, -0.15) is 5.10 Å². The summed E-state index contributed by atoms with van der Waals surface area (Å²) in [5, 5.41) is 5.16. The van der Waals surface area contributed by atoms with E-state index in [2.05, 4.69) is 23.6 Å². The Kier molecular flexibility index (Phi) is 10.5. The second-order valence-corrected chi connectivity index (χ2v) is 6.20. The molecule has 0 radical (unpaired) electrons. The van der Waals surface area contributed by atoms with Gasteiger partial charge in [0.25, 0.3) is 0 Å². The van der Waals surface area contributed by atoms with Crippen LogP contribution in [0.3, 0.4) is 0 Å². The van der Waals surface area contributed by atoms with Crippen LogP contribution in [0.5, 0.6) is 0 Å². The van der Waals surface area contributed by atoms with Gasteiger partial charge >= 0.3 is 0 Å². The molecule has 7 nitrogen and oxygen atoms in total. The quantitative estimate of drug-likeness (QED) is 0.154. The molecule has 0 bridgehead atoms. The zero-order chi connectivity index (χ0) is 19.2. The van der Waals surface area contributed by atoms with Crippen LogP contribution < -0.4 is 17.1 Å². The van der Waals surface area contributed by atoms with Gasteiger partial charge in [0.1, 0.15) is 13.1 Å². The van der Waals surface area contributed by atoms with Gasteiger partial charge in [0, 0.05) is 10.6 Å². The molecule has 8 heteroatoms. The van der Waals surface area contributed by atoms with Gasteiger partial charge in [0.2, 0.25) is 0 Å². The molecular weight excluding hydrogens is 350 g/mol. The van der Waals surface area contributed by atoms with Gasteiger partial charge in [-0.3, -0.25) is 10.3 Å². The number of anilines is 1. The van der Waals surface area contributed by atoms with Crippen LogP contribution in [-0.2, 0) is 16.2 Å². The summed E-state index contributed by atoms with van der Waals surface area (Å²) in [5.41, 5.74) is 11.4. The van der Waals surface area contributed by atoms with E-state index in [0.717, 1.165) is 17.0 Å². The third-order valence-electron chi connectivity index (χ3n) is 3.35. The van der Waals surface area contributed by atoms with Crippen molar-refractivity contribution in [1.29, 1.82) is 0 Å². The molecule has 0 saturated carbocycles. The summed E-state index contributed by atoms with van der Waals surface area (Å²) >= 11 is 1.75. The molecule has 0 aliphatic heterocycles. The Hall–Kier alpha value is -2.55. The van der Waals surface area contributed by atoms with Crippen LogP contribution in [0.25, 0.3) is 0 Å². The van der Waals surface area contributed by atoms with E-state index < -0.39 is 0 Å². The number of rotatable bonds is 9. The van der Waals surface area contributed by atoms with E-state index in [1.807, 2.05) is 49.3 Å². The molecule has 2 aromatic carbocycles. The number of carbonyl (C=O) groups is 1. The van der Waals surface area contributed by atoms with E-state index >= 15 is 0 Å². The number of nitrogens with two attached hydrogens (primary N) is 2. The Morgan fingerprint density at radius 1 is 1.23 bits per heavy atom. The largest absolute Gasteiger partial charge is 0.388 e. The highest BCUT2D eigenvalue weighted by atomic mass is 32.2. The lowest BCUT2D eigenvalue weighted by Gasteiger charge is -2.15. The van der Waals surface area contributed by atoms with Gasteiger partial charge < -0.3 is 10.5 Å². The van der Waals surface area contributed by atoms with Crippen molar-refractivity contribution in [3.05, 3.63) is 59.7 Å². The predicted molar refractivity (Wildman–Crippen MR) is 107 cm³/mol. The molecule has 2 aromatic rings. The van der Waals surface area contributed by atoms with Gasteiger partial charge in [-0.05, 0) is 36.2 Å². The Morgan fingerprint density at radius 2 is 1.96 bits per heavy atom. The highest BCUT2D eigenvalue weighted by molar-refractivity contribution is 7.99. The van der Waals surface area contributed by atoms with Gasteiger partial charge in [-0.15, -0.1) is 11.8 Å². The molecule has 0 spiro atoms. The Labute approximate surface area is 158 Å². The number of hydrazone groups is 1. The zero-order valence-corrected chi connectivity index (χ0v) is 15.6. The summed E-state index contributed by atoms with van der Waals surface area (Å²) in [5.74, 6) is 6.60. The Balaban J connectivity index is 0.00000163. The molecule has 140 valence electrons. The molecule has 0 amide bonds. The van der Waals surface area contributed by atoms with Crippen LogP contribution >= 0.6 is 11.8 Å². The second kappa shape index (κ2) is 12.8. The van der Waals surface area contributed by atoms with Crippen LogP contribution in [0.4, 0.5) is 5.69 Å². The van der Waals surface area contributed by atoms with Crippen molar-refractivity contribution in [2.45, 2.75) is 18.4 Å². The third kappa shape index (κ3) is 7.56. The van der Waals surface area contributed by atoms with E-state index in [0.29, 0.717) is 13.2 Å². The van der Waals surface area contributed by atoms with Crippen molar-refractivity contribution in [3.63, 3.8) is 0 Å². The summed E-state index contributed by atoms with van der Waals surface area (Å²) < 4.78 is 0. The number of hydrogen-bond donors (Lipinski definition) is 3. The summed E-state index contributed by atoms with van der Waals surface area (Å²) in [6, 6.07) is 16.0. The van der Waals surface area contributed by atoms with Crippen molar-refractivity contribution in [1.82, 2.24) is 5.12 Å². The zero-order valence-electron chi connectivity index (χ0n) is 14.8. The average molecular weight is 375 g/mol. The Bertz CT molecular complexity index is 670. The van der Waals surface area contributed by atoms with Crippen LogP contribution in [0.1, 0.15) is 11.1 Å². The minimum Gasteiger partial charge on any atom is -0.388 e. The molecule has 0 aromatic heterocycles. The SMILES string of the molecule is C=O.Cc1c(CN(N)/N=C\N)cccc1SCCONc1ccccc1. The maximum absolute atomic E-state index is 8.00. The number of para-hydroxylation sites is 1. The molecule has 0 unspecified atom stereocenters. The molecule has 26 heavy (non-hydrogen) atoms. The summed E-state index contributed by atoms with van der Waals surface area (Å²) in [6.45, 7) is 5.20. The number of carbonyl (C=O) groups excluding carboxylic acids is 1. The van der Waals surface area contributed by atoms with Crippen molar-refractivity contribution in [3.8, 4) is 0 Å². The summed E-state index contributed by atoms with van der Waals surface area (Å²) in [6.07, 6.45) is 1.19. The number of benzene rings is 2. The lowest BCUT2D eigenvalue weighted by molar-refractivity contribution is -0.0979. The minimum atomic E-state index is 0.514. The maximum atomic E-state index is 8.00. The number of nitrogens with zero attached hydrogens (tertiary/aromatic N) is 2. The summed E-state index contributed by atoms with van der Waals surface area (Å²) in [4.78, 5) is 14.7. The minimum absolute atomic E-state index is 0.514. The van der Waals surface area contributed by atoms with Crippen molar-refractivity contribution >= 4 is 30.6 Å². The van der Waals surface area contributed by atoms with Gasteiger partial charge in [0.05, 0.1) is 18.8 Å². The van der Waals surface area contributed by atoms with E-state index in [1.54, 1.807) is 11.8 Å². The number of hydrogen-bond acceptors (Lipinski definition) is 7. The second-order valence-electron chi connectivity index (χ2n) is 5.07. The van der Waals surface area contributed by atoms with E-state index in [1.165, 1.54) is 21.9 Å². The van der Waals surface area contributed by atoms with Gasteiger partial charge in [-0.1, -0.05) is 30.3 Å². The first kappa shape index (κ1) is 21.5.